The minimum atomic E-state index is -3.52. The number of amides is 2. The molecule has 154 valence electrons. The molecular formula is C20H23N3O5S. The Morgan fingerprint density at radius 1 is 1.10 bits per heavy atom. The SMILES string of the molecule is CC(=O)Nc1cccc(NC(=O)[C@@H]2CCN(S(C)(=O)=O)c3cc(C)ccc3O2)c1. The van der Waals surface area contributed by atoms with Crippen molar-refractivity contribution in [3.05, 3.63) is 48.0 Å². The van der Waals surface area contributed by atoms with E-state index in [2.05, 4.69) is 10.6 Å². The maximum atomic E-state index is 12.8. The highest BCUT2D eigenvalue weighted by Crippen LogP contribution is 2.35. The molecule has 0 radical (unpaired) electrons. The van der Waals surface area contributed by atoms with Gasteiger partial charge in [0.05, 0.1) is 11.9 Å². The third-order valence-electron chi connectivity index (χ3n) is 4.39. The number of hydrogen-bond acceptors (Lipinski definition) is 5. The van der Waals surface area contributed by atoms with Gasteiger partial charge in [0.1, 0.15) is 5.75 Å². The number of carbonyl (C=O) groups excluding carboxylic acids is 2. The van der Waals surface area contributed by atoms with Crippen LogP contribution in [0, 0.1) is 6.92 Å². The molecule has 8 nitrogen and oxygen atoms in total. The first-order chi connectivity index (χ1) is 13.6. The Morgan fingerprint density at radius 3 is 2.45 bits per heavy atom. The molecule has 2 N–H and O–H groups in total. The molecule has 9 heteroatoms. The van der Waals surface area contributed by atoms with Crippen molar-refractivity contribution in [2.75, 3.05) is 27.7 Å². The normalized spacial score (nSPS) is 16.2. The predicted octanol–water partition coefficient (Wildman–Crippen LogP) is 2.51. The van der Waals surface area contributed by atoms with Gasteiger partial charge in [-0.1, -0.05) is 12.1 Å². The van der Waals surface area contributed by atoms with Crippen molar-refractivity contribution in [1.29, 1.82) is 0 Å². The van der Waals surface area contributed by atoms with Crippen LogP contribution in [0.2, 0.25) is 0 Å². The summed E-state index contributed by atoms with van der Waals surface area (Å²) < 4.78 is 31.6. The predicted molar refractivity (Wildman–Crippen MR) is 112 cm³/mol. The van der Waals surface area contributed by atoms with Gasteiger partial charge in [-0.2, -0.15) is 0 Å². The highest BCUT2D eigenvalue weighted by atomic mass is 32.2. The van der Waals surface area contributed by atoms with E-state index in [0.29, 0.717) is 22.8 Å². The summed E-state index contributed by atoms with van der Waals surface area (Å²) in [6.45, 7) is 3.38. The highest BCUT2D eigenvalue weighted by Gasteiger charge is 2.31. The van der Waals surface area contributed by atoms with Crippen molar-refractivity contribution in [2.45, 2.75) is 26.4 Å². The molecule has 1 aliphatic heterocycles. The molecule has 29 heavy (non-hydrogen) atoms. The zero-order valence-corrected chi connectivity index (χ0v) is 17.2. The van der Waals surface area contributed by atoms with Gasteiger partial charge in [0.2, 0.25) is 15.9 Å². The van der Waals surface area contributed by atoms with Crippen molar-refractivity contribution < 1.29 is 22.7 Å². The van der Waals surface area contributed by atoms with Crippen molar-refractivity contribution in [3.8, 4) is 5.75 Å². The van der Waals surface area contributed by atoms with Gasteiger partial charge >= 0.3 is 0 Å². The molecule has 1 aliphatic rings. The van der Waals surface area contributed by atoms with Gasteiger partial charge in [0.15, 0.2) is 6.10 Å². The van der Waals surface area contributed by atoms with Crippen LogP contribution in [0.5, 0.6) is 5.75 Å². The van der Waals surface area contributed by atoms with Crippen molar-refractivity contribution >= 4 is 38.9 Å². The van der Waals surface area contributed by atoms with Gasteiger partial charge in [-0.15, -0.1) is 0 Å². The molecule has 1 atom stereocenters. The Morgan fingerprint density at radius 2 is 1.79 bits per heavy atom. The van der Waals surface area contributed by atoms with E-state index in [1.807, 2.05) is 6.92 Å². The van der Waals surface area contributed by atoms with Crippen LogP contribution >= 0.6 is 0 Å². The Kier molecular flexibility index (Phi) is 5.78. The molecule has 2 aromatic carbocycles. The summed E-state index contributed by atoms with van der Waals surface area (Å²) in [5, 5.41) is 5.42. The lowest BCUT2D eigenvalue weighted by atomic mass is 10.2. The van der Waals surface area contributed by atoms with Gasteiger partial charge in [-0.3, -0.25) is 13.9 Å². The number of sulfonamides is 1. The lowest BCUT2D eigenvalue weighted by Gasteiger charge is -2.21. The number of hydrogen-bond donors (Lipinski definition) is 2. The zero-order valence-electron chi connectivity index (χ0n) is 16.4. The maximum Gasteiger partial charge on any atom is 0.265 e. The lowest BCUT2D eigenvalue weighted by molar-refractivity contribution is -0.122. The number of anilines is 3. The Bertz CT molecular complexity index is 1050. The van der Waals surface area contributed by atoms with Gasteiger partial charge in [-0.25, -0.2) is 8.42 Å². The second-order valence-electron chi connectivity index (χ2n) is 6.95. The third-order valence-corrected chi connectivity index (χ3v) is 5.57. The van der Waals surface area contributed by atoms with Crippen LogP contribution in [-0.2, 0) is 19.6 Å². The maximum absolute atomic E-state index is 12.8. The van der Waals surface area contributed by atoms with E-state index >= 15 is 0 Å². The summed E-state index contributed by atoms with van der Waals surface area (Å²) in [6.07, 6.45) is 0.457. The Balaban J connectivity index is 1.82. The fraction of sp³-hybridized carbons (Fsp3) is 0.300. The van der Waals surface area contributed by atoms with E-state index in [0.717, 1.165) is 11.8 Å². The summed E-state index contributed by atoms with van der Waals surface area (Å²) >= 11 is 0. The van der Waals surface area contributed by atoms with Crippen molar-refractivity contribution in [1.82, 2.24) is 0 Å². The van der Waals surface area contributed by atoms with Crippen LogP contribution in [0.25, 0.3) is 0 Å². The van der Waals surface area contributed by atoms with E-state index in [1.54, 1.807) is 42.5 Å². The van der Waals surface area contributed by atoms with Gasteiger partial charge in [-0.05, 0) is 42.8 Å². The molecule has 1 heterocycles. The minimum Gasteiger partial charge on any atom is -0.478 e. The van der Waals surface area contributed by atoms with Gasteiger partial charge < -0.3 is 15.4 Å². The first kappa shape index (κ1) is 20.7. The lowest BCUT2D eigenvalue weighted by Crippen LogP contribution is -2.36. The number of carbonyl (C=O) groups is 2. The molecule has 0 fully saturated rings. The Labute approximate surface area is 169 Å². The van der Waals surface area contributed by atoms with Gasteiger partial charge in [0.25, 0.3) is 5.91 Å². The van der Waals surface area contributed by atoms with E-state index in [1.165, 1.54) is 11.2 Å². The number of nitrogens with one attached hydrogen (secondary N) is 2. The number of aryl methyl sites for hydroxylation is 1. The number of rotatable bonds is 4. The second kappa shape index (κ2) is 8.12. The van der Waals surface area contributed by atoms with E-state index in [4.69, 9.17) is 4.74 Å². The molecule has 0 aliphatic carbocycles. The minimum absolute atomic E-state index is 0.124. The molecule has 0 bridgehead atoms. The molecule has 0 unspecified atom stereocenters. The molecular weight excluding hydrogens is 394 g/mol. The molecule has 2 aromatic rings. The van der Waals surface area contributed by atoms with Crippen molar-refractivity contribution in [3.63, 3.8) is 0 Å². The number of ether oxygens (including phenoxy) is 1. The summed E-state index contributed by atoms with van der Waals surface area (Å²) in [7, 11) is -3.52. The third kappa shape index (κ3) is 5.05. The number of fused-ring (bicyclic) bond motifs is 1. The van der Waals surface area contributed by atoms with Crippen LogP contribution in [0.15, 0.2) is 42.5 Å². The molecule has 3 rings (SSSR count). The topological polar surface area (TPSA) is 105 Å². The van der Waals surface area contributed by atoms with Crippen LogP contribution < -0.4 is 19.7 Å². The first-order valence-corrected chi connectivity index (χ1v) is 10.9. The van der Waals surface area contributed by atoms with Crippen LogP contribution in [0.3, 0.4) is 0 Å². The highest BCUT2D eigenvalue weighted by molar-refractivity contribution is 7.92. The van der Waals surface area contributed by atoms with E-state index in [9.17, 15) is 18.0 Å². The molecule has 2 amide bonds. The smallest absolute Gasteiger partial charge is 0.265 e. The van der Waals surface area contributed by atoms with E-state index < -0.39 is 22.0 Å². The standard InChI is InChI=1S/C20H23N3O5S/c1-13-7-8-18-17(11-13)23(29(3,26)27)10-9-19(28-18)20(25)22-16-6-4-5-15(12-16)21-14(2)24/h4-8,11-12,19H,9-10H2,1-3H3,(H,21,24)(H,22,25)/t19-/m0/s1. The number of benzene rings is 2. The average Bonchev–Trinajstić information content (AvgIpc) is 2.80. The van der Waals surface area contributed by atoms with Crippen LogP contribution in [0.4, 0.5) is 17.1 Å². The van der Waals surface area contributed by atoms with Crippen molar-refractivity contribution in [2.24, 2.45) is 0 Å². The molecule has 0 saturated carbocycles. The first-order valence-electron chi connectivity index (χ1n) is 9.07. The second-order valence-corrected chi connectivity index (χ2v) is 8.86. The van der Waals surface area contributed by atoms with Crippen LogP contribution in [-0.4, -0.2) is 39.1 Å². The summed E-state index contributed by atoms with van der Waals surface area (Å²) in [5.74, 6) is -0.272. The quantitative estimate of drug-likeness (QED) is 0.795. The average molecular weight is 417 g/mol. The largest absolute Gasteiger partial charge is 0.478 e. The van der Waals surface area contributed by atoms with Crippen LogP contribution in [0.1, 0.15) is 18.9 Å². The molecule has 0 saturated heterocycles. The summed E-state index contributed by atoms with van der Waals surface area (Å²) in [5.41, 5.74) is 2.37. The Hall–Kier alpha value is -3.07. The summed E-state index contributed by atoms with van der Waals surface area (Å²) in [6, 6.07) is 12.0. The van der Waals surface area contributed by atoms with Gasteiger partial charge in [0, 0.05) is 31.3 Å². The molecule has 0 spiro atoms. The molecule has 0 aromatic heterocycles. The summed E-state index contributed by atoms with van der Waals surface area (Å²) in [4.78, 5) is 24.0. The zero-order chi connectivity index (χ0) is 21.2. The monoisotopic (exact) mass is 417 g/mol. The fourth-order valence-corrected chi connectivity index (χ4v) is 4.06. The fourth-order valence-electron chi connectivity index (χ4n) is 3.12. The number of nitrogens with zero attached hydrogens (tertiary/aromatic N) is 1. The van der Waals surface area contributed by atoms with E-state index in [-0.39, 0.29) is 18.9 Å².